The maximum Gasteiger partial charge on any atom is 0.249 e. The molecule has 0 unspecified atom stereocenters. The molecule has 0 aliphatic carbocycles. The zero-order valence-corrected chi connectivity index (χ0v) is 15.1. The number of piperidine rings is 1. The lowest BCUT2D eigenvalue weighted by atomic mass is 10.0. The van der Waals surface area contributed by atoms with E-state index in [1.54, 1.807) is 23.2 Å². The monoisotopic (exact) mass is 370 g/mol. The van der Waals surface area contributed by atoms with E-state index in [1.165, 1.54) is 12.1 Å². The number of hydrogen-bond acceptors (Lipinski definition) is 5. The molecule has 2 aliphatic heterocycles. The highest BCUT2D eigenvalue weighted by Gasteiger charge is 2.30. The molecule has 2 fully saturated rings. The molecule has 0 saturated carbocycles. The van der Waals surface area contributed by atoms with E-state index in [0.717, 1.165) is 44.8 Å². The van der Waals surface area contributed by atoms with Crippen molar-refractivity contribution in [3.05, 3.63) is 48.4 Å². The zero-order chi connectivity index (χ0) is 18.6. The van der Waals surface area contributed by atoms with E-state index in [9.17, 15) is 9.18 Å². The summed E-state index contributed by atoms with van der Waals surface area (Å²) in [5, 5.41) is 3.27. The lowest BCUT2D eigenvalue weighted by Gasteiger charge is -2.33. The van der Waals surface area contributed by atoms with E-state index in [1.807, 2.05) is 12.1 Å². The van der Waals surface area contributed by atoms with E-state index in [0.29, 0.717) is 18.1 Å². The predicted molar refractivity (Wildman–Crippen MR) is 103 cm³/mol. The first-order chi connectivity index (χ1) is 13.2. The molecule has 0 bridgehead atoms. The van der Waals surface area contributed by atoms with Gasteiger partial charge in [-0.25, -0.2) is 9.37 Å². The molecule has 4 rings (SSSR count). The quantitative estimate of drug-likeness (QED) is 0.897. The smallest absolute Gasteiger partial charge is 0.249 e. The molecular weight excluding hydrogens is 347 g/mol. The molecule has 2 aliphatic rings. The molecule has 6 nitrogen and oxygen atoms in total. The van der Waals surface area contributed by atoms with Crippen molar-refractivity contribution in [2.24, 2.45) is 0 Å². The Kier molecular flexibility index (Phi) is 5.20. The second-order valence-corrected chi connectivity index (χ2v) is 6.81. The number of nitrogens with one attached hydrogen (secondary N) is 1. The van der Waals surface area contributed by atoms with Crippen LogP contribution < -0.4 is 15.1 Å². The number of benzene rings is 1. The number of pyridine rings is 1. The summed E-state index contributed by atoms with van der Waals surface area (Å²) in [4.78, 5) is 21.2. The Labute approximate surface area is 157 Å². The molecule has 7 heteroatoms. The van der Waals surface area contributed by atoms with Crippen LogP contribution in [0, 0.1) is 5.82 Å². The minimum absolute atomic E-state index is 0.0505. The Morgan fingerprint density at radius 2 is 1.96 bits per heavy atom. The van der Waals surface area contributed by atoms with Crippen LogP contribution >= 0.6 is 0 Å². The summed E-state index contributed by atoms with van der Waals surface area (Å²) in [5.41, 5.74) is 1.67. The van der Waals surface area contributed by atoms with Crippen LogP contribution in [0.4, 0.5) is 21.6 Å². The Bertz CT molecular complexity index is 810. The van der Waals surface area contributed by atoms with Crippen molar-refractivity contribution < 1.29 is 13.9 Å². The third kappa shape index (κ3) is 4.03. The highest BCUT2D eigenvalue weighted by atomic mass is 19.1. The van der Waals surface area contributed by atoms with Crippen molar-refractivity contribution in [3.8, 4) is 0 Å². The van der Waals surface area contributed by atoms with Gasteiger partial charge in [0.25, 0.3) is 0 Å². The van der Waals surface area contributed by atoms with Gasteiger partial charge in [0.2, 0.25) is 5.91 Å². The van der Waals surface area contributed by atoms with Crippen molar-refractivity contribution in [3.63, 3.8) is 0 Å². The summed E-state index contributed by atoms with van der Waals surface area (Å²) in [6, 6.07) is 9.75. The van der Waals surface area contributed by atoms with Crippen LogP contribution in [0.1, 0.15) is 12.8 Å². The number of ether oxygens (including phenoxy) is 1. The van der Waals surface area contributed by atoms with E-state index < -0.39 is 0 Å². The fourth-order valence-electron chi connectivity index (χ4n) is 3.60. The van der Waals surface area contributed by atoms with Crippen molar-refractivity contribution in [1.29, 1.82) is 0 Å². The first kappa shape index (κ1) is 17.7. The van der Waals surface area contributed by atoms with Gasteiger partial charge >= 0.3 is 0 Å². The lowest BCUT2D eigenvalue weighted by molar-refractivity contribution is -0.120. The fraction of sp³-hybridized carbons (Fsp3) is 0.400. The largest absolute Gasteiger partial charge is 0.378 e. The summed E-state index contributed by atoms with van der Waals surface area (Å²) >= 11 is 0. The standard InChI is InChI=1S/C20H23FN4O2/c21-15-3-1-4-17(13-15)25-8-2-5-18(20(25)26)23-19-14-16(6-7-22-19)24-9-11-27-12-10-24/h1,3-4,6-7,13-14,18H,2,5,8-12H2,(H,22,23)/t18-/m1/s1. The van der Waals surface area contributed by atoms with E-state index in [4.69, 9.17) is 4.74 Å². The second-order valence-electron chi connectivity index (χ2n) is 6.81. The molecule has 1 aromatic carbocycles. The van der Waals surface area contributed by atoms with Gasteiger partial charge in [-0.1, -0.05) is 6.07 Å². The minimum Gasteiger partial charge on any atom is -0.378 e. The number of aromatic nitrogens is 1. The molecule has 0 radical (unpaired) electrons. The summed E-state index contributed by atoms with van der Waals surface area (Å²) < 4.78 is 18.9. The first-order valence-corrected chi connectivity index (χ1v) is 9.33. The molecule has 1 atom stereocenters. The molecule has 3 heterocycles. The Morgan fingerprint density at radius 1 is 1.11 bits per heavy atom. The Hall–Kier alpha value is -2.67. The van der Waals surface area contributed by atoms with Crippen LogP contribution in [0.5, 0.6) is 0 Å². The van der Waals surface area contributed by atoms with Crippen LogP contribution in [-0.2, 0) is 9.53 Å². The molecule has 2 aromatic rings. The normalized spacial score (nSPS) is 20.6. The predicted octanol–water partition coefficient (Wildman–Crippen LogP) is 2.66. The highest BCUT2D eigenvalue weighted by Crippen LogP contribution is 2.25. The number of halogens is 1. The van der Waals surface area contributed by atoms with Crippen molar-refractivity contribution in [2.45, 2.75) is 18.9 Å². The van der Waals surface area contributed by atoms with Gasteiger partial charge in [-0.2, -0.15) is 0 Å². The first-order valence-electron chi connectivity index (χ1n) is 9.33. The van der Waals surface area contributed by atoms with E-state index >= 15 is 0 Å². The Morgan fingerprint density at radius 3 is 2.78 bits per heavy atom. The van der Waals surface area contributed by atoms with Gasteiger partial charge in [0.1, 0.15) is 17.7 Å². The van der Waals surface area contributed by atoms with Gasteiger partial charge in [0.05, 0.1) is 13.2 Å². The van der Waals surface area contributed by atoms with Crippen LogP contribution in [0.25, 0.3) is 0 Å². The highest BCUT2D eigenvalue weighted by molar-refractivity contribution is 5.99. The zero-order valence-electron chi connectivity index (χ0n) is 15.1. The number of carbonyl (C=O) groups is 1. The van der Waals surface area contributed by atoms with Gasteiger partial charge in [0.15, 0.2) is 0 Å². The molecule has 2 saturated heterocycles. The summed E-state index contributed by atoms with van der Waals surface area (Å²) in [6.07, 6.45) is 3.34. The third-order valence-corrected chi connectivity index (χ3v) is 5.00. The number of hydrogen-bond donors (Lipinski definition) is 1. The maximum absolute atomic E-state index is 13.5. The second kappa shape index (κ2) is 7.92. The number of morpholine rings is 1. The molecule has 1 amide bonds. The molecule has 142 valence electrons. The van der Waals surface area contributed by atoms with Gasteiger partial charge in [-0.05, 0) is 37.1 Å². The molecule has 27 heavy (non-hydrogen) atoms. The number of carbonyl (C=O) groups excluding carboxylic acids is 1. The summed E-state index contributed by atoms with van der Waals surface area (Å²) in [7, 11) is 0. The molecular formula is C20H23FN4O2. The SMILES string of the molecule is O=C1[C@H](Nc2cc(N3CCOCC3)ccn2)CCCN1c1cccc(F)c1. The van der Waals surface area contributed by atoms with E-state index in [2.05, 4.69) is 15.2 Å². The maximum atomic E-state index is 13.5. The van der Waals surface area contributed by atoms with Crippen molar-refractivity contribution >= 4 is 23.1 Å². The molecule has 1 aromatic heterocycles. The van der Waals surface area contributed by atoms with E-state index in [-0.39, 0.29) is 17.8 Å². The molecule has 0 spiro atoms. The average Bonchev–Trinajstić information content (AvgIpc) is 2.70. The van der Waals surface area contributed by atoms with Crippen LogP contribution in [0.3, 0.4) is 0 Å². The van der Waals surface area contributed by atoms with Crippen molar-refractivity contribution in [1.82, 2.24) is 4.98 Å². The third-order valence-electron chi connectivity index (χ3n) is 5.00. The van der Waals surface area contributed by atoms with Crippen LogP contribution in [0.2, 0.25) is 0 Å². The lowest BCUT2D eigenvalue weighted by Crippen LogP contribution is -2.48. The van der Waals surface area contributed by atoms with Gasteiger partial charge in [-0.15, -0.1) is 0 Å². The van der Waals surface area contributed by atoms with Crippen molar-refractivity contribution in [2.75, 3.05) is 48.0 Å². The van der Waals surface area contributed by atoms with Crippen LogP contribution in [0.15, 0.2) is 42.6 Å². The Balaban J connectivity index is 1.48. The van der Waals surface area contributed by atoms with Crippen LogP contribution in [-0.4, -0.2) is 49.8 Å². The number of anilines is 3. The minimum atomic E-state index is -0.366. The average molecular weight is 370 g/mol. The number of amides is 1. The molecule has 1 N–H and O–H groups in total. The van der Waals surface area contributed by atoms with Gasteiger partial charge in [0, 0.05) is 43.3 Å². The number of rotatable bonds is 4. The van der Waals surface area contributed by atoms with Gasteiger partial charge in [-0.3, -0.25) is 4.79 Å². The van der Waals surface area contributed by atoms with Gasteiger partial charge < -0.3 is 19.9 Å². The summed E-state index contributed by atoms with van der Waals surface area (Å²) in [6.45, 7) is 3.73. The fourth-order valence-corrected chi connectivity index (χ4v) is 3.60. The summed E-state index contributed by atoms with van der Waals surface area (Å²) in [5.74, 6) is 0.291. The number of nitrogens with zero attached hydrogens (tertiary/aromatic N) is 3. The topological polar surface area (TPSA) is 57.7 Å².